The van der Waals surface area contributed by atoms with Gasteiger partial charge in [-0.1, -0.05) is 28.1 Å². The fourth-order valence-corrected chi connectivity index (χ4v) is 2.46. The minimum atomic E-state index is 0.593. The molecule has 2 aromatic carbocycles. The summed E-state index contributed by atoms with van der Waals surface area (Å²) in [6, 6.07) is 12.7. The molecule has 0 bridgehead atoms. The summed E-state index contributed by atoms with van der Waals surface area (Å²) < 4.78 is 7.50. The van der Waals surface area contributed by atoms with E-state index >= 15 is 0 Å². The van der Waals surface area contributed by atoms with Crippen molar-refractivity contribution in [2.24, 2.45) is 0 Å². The van der Waals surface area contributed by atoms with Gasteiger partial charge in [0.05, 0.1) is 4.47 Å². The van der Waals surface area contributed by atoms with Crippen LogP contribution in [0.5, 0.6) is 11.5 Å². The Labute approximate surface area is 116 Å². The van der Waals surface area contributed by atoms with E-state index in [1.165, 1.54) is 0 Å². The summed E-state index contributed by atoms with van der Waals surface area (Å²) in [6.45, 7) is 0. The largest absolute Gasteiger partial charge is 0.456 e. The molecule has 0 fully saturated rings. The van der Waals surface area contributed by atoms with Gasteiger partial charge in [-0.3, -0.25) is 4.79 Å². The van der Waals surface area contributed by atoms with Crippen molar-refractivity contribution >= 4 is 38.1 Å². The normalized spacial score (nSPS) is 10.0. The first-order valence-electron chi connectivity index (χ1n) is 4.87. The van der Waals surface area contributed by atoms with Gasteiger partial charge in [0.2, 0.25) is 0 Å². The molecular formula is C13H8Br2O2. The number of hydrogen-bond acceptors (Lipinski definition) is 2. The van der Waals surface area contributed by atoms with Crippen LogP contribution in [-0.4, -0.2) is 6.29 Å². The summed E-state index contributed by atoms with van der Waals surface area (Å²) in [5.41, 5.74) is 0.593. The summed E-state index contributed by atoms with van der Waals surface area (Å²) in [7, 11) is 0. The standard InChI is InChI=1S/C13H8Br2O2/c14-10-4-5-13(12(15)7-10)17-11-3-1-2-9(6-11)8-16/h1-8H. The van der Waals surface area contributed by atoms with E-state index in [0.29, 0.717) is 17.1 Å². The number of carbonyl (C=O) groups excluding carboxylic acids is 1. The lowest BCUT2D eigenvalue weighted by Gasteiger charge is -2.08. The van der Waals surface area contributed by atoms with Gasteiger partial charge in [-0.25, -0.2) is 0 Å². The summed E-state index contributed by atoms with van der Waals surface area (Å²) in [5, 5.41) is 0. The molecule has 0 saturated heterocycles. The van der Waals surface area contributed by atoms with Crippen molar-refractivity contribution in [2.45, 2.75) is 0 Å². The number of aldehydes is 1. The van der Waals surface area contributed by atoms with Crippen LogP contribution in [0.15, 0.2) is 51.4 Å². The highest BCUT2D eigenvalue weighted by Gasteiger charge is 2.03. The summed E-state index contributed by atoms with van der Waals surface area (Å²) in [6.07, 6.45) is 0.795. The molecule has 17 heavy (non-hydrogen) atoms. The maximum absolute atomic E-state index is 10.7. The van der Waals surface area contributed by atoms with Crippen molar-refractivity contribution in [1.29, 1.82) is 0 Å². The summed E-state index contributed by atoms with van der Waals surface area (Å²) in [5.74, 6) is 1.34. The molecule has 0 spiro atoms. The van der Waals surface area contributed by atoms with E-state index in [-0.39, 0.29) is 0 Å². The molecule has 0 unspecified atom stereocenters. The fraction of sp³-hybridized carbons (Fsp3) is 0. The Morgan fingerprint density at radius 3 is 2.59 bits per heavy atom. The van der Waals surface area contributed by atoms with Gasteiger partial charge < -0.3 is 4.74 Å². The van der Waals surface area contributed by atoms with Crippen LogP contribution in [-0.2, 0) is 0 Å². The molecule has 0 aliphatic rings. The number of halogens is 2. The summed E-state index contributed by atoms with van der Waals surface area (Å²) >= 11 is 6.79. The Kier molecular flexibility index (Phi) is 3.97. The minimum Gasteiger partial charge on any atom is -0.456 e. The number of carbonyl (C=O) groups is 1. The molecule has 2 aromatic rings. The second-order valence-electron chi connectivity index (χ2n) is 3.37. The number of rotatable bonds is 3. The monoisotopic (exact) mass is 354 g/mol. The van der Waals surface area contributed by atoms with Gasteiger partial charge in [-0.05, 0) is 46.3 Å². The average molecular weight is 356 g/mol. The Morgan fingerprint density at radius 1 is 1.06 bits per heavy atom. The van der Waals surface area contributed by atoms with Crippen LogP contribution in [0.1, 0.15) is 10.4 Å². The number of ether oxygens (including phenoxy) is 1. The predicted molar refractivity (Wildman–Crippen MR) is 73.7 cm³/mol. The van der Waals surface area contributed by atoms with Crippen LogP contribution in [0.4, 0.5) is 0 Å². The van der Waals surface area contributed by atoms with Crippen molar-refractivity contribution in [1.82, 2.24) is 0 Å². The van der Waals surface area contributed by atoms with Crippen LogP contribution in [0, 0.1) is 0 Å². The van der Waals surface area contributed by atoms with E-state index in [1.54, 1.807) is 18.2 Å². The molecule has 0 amide bonds. The van der Waals surface area contributed by atoms with Crippen molar-refractivity contribution < 1.29 is 9.53 Å². The molecule has 0 atom stereocenters. The van der Waals surface area contributed by atoms with Gasteiger partial charge >= 0.3 is 0 Å². The third kappa shape index (κ3) is 3.17. The van der Waals surface area contributed by atoms with Crippen molar-refractivity contribution in [3.8, 4) is 11.5 Å². The van der Waals surface area contributed by atoms with Gasteiger partial charge in [0.1, 0.15) is 17.8 Å². The Balaban J connectivity index is 2.27. The molecule has 0 radical (unpaired) electrons. The van der Waals surface area contributed by atoms with E-state index in [4.69, 9.17) is 4.74 Å². The third-order valence-corrected chi connectivity index (χ3v) is 3.23. The Hall–Kier alpha value is -1.13. The maximum atomic E-state index is 10.7. The molecule has 0 saturated carbocycles. The van der Waals surface area contributed by atoms with Crippen molar-refractivity contribution in [3.05, 3.63) is 57.0 Å². The van der Waals surface area contributed by atoms with E-state index in [1.807, 2.05) is 24.3 Å². The van der Waals surface area contributed by atoms with Crippen LogP contribution in [0.25, 0.3) is 0 Å². The van der Waals surface area contributed by atoms with Crippen LogP contribution >= 0.6 is 31.9 Å². The molecule has 4 heteroatoms. The first kappa shape index (κ1) is 12.3. The van der Waals surface area contributed by atoms with Gasteiger partial charge in [0, 0.05) is 10.0 Å². The van der Waals surface area contributed by atoms with Gasteiger partial charge in [-0.15, -0.1) is 0 Å². The Morgan fingerprint density at radius 2 is 1.88 bits per heavy atom. The van der Waals surface area contributed by atoms with Gasteiger partial charge in [0.15, 0.2) is 0 Å². The topological polar surface area (TPSA) is 26.3 Å². The zero-order valence-corrected chi connectivity index (χ0v) is 11.9. The zero-order valence-electron chi connectivity index (χ0n) is 8.69. The zero-order chi connectivity index (χ0) is 12.3. The molecule has 2 nitrogen and oxygen atoms in total. The molecule has 2 rings (SSSR count). The molecule has 0 N–H and O–H groups in total. The van der Waals surface area contributed by atoms with E-state index in [9.17, 15) is 4.79 Å². The first-order chi connectivity index (χ1) is 8.19. The summed E-state index contributed by atoms with van der Waals surface area (Å²) in [4.78, 5) is 10.7. The average Bonchev–Trinajstić information content (AvgIpc) is 2.33. The number of hydrogen-bond donors (Lipinski definition) is 0. The maximum Gasteiger partial charge on any atom is 0.150 e. The highest BCUT2D eigenvalue weighted by atomic mass is 79.9. The second-order valence-corrected chi connectivity index (χ2v) is 5.14. The van der Waals surface area contributed by atoms with Crippen molar-refractivity contribution in [2.75, 3.05) is 0 Å². The molecule has 0 aliphatic heterocycles. The van der Waals surface area contributed by atoms with Gasteiger partial charge in [0.25, 0.3) is 0 Å². The molecule has 0 heterocycles. The minimum absolute atomic E-state index is 0.593. The third-order valence-electron chi connectivity index (χ3n) is 2.12. The lowest BCUT2D eigenvalue weighted by atomic mass is 10.2. The van der Waals surface area contributed by atoms with E-state index < -0.39 is 0 Å². The molecule has 0 aromatic heterocycles. The smallest absolute Gasteiger partial charge is 0.150 e. The molecule has 0 aliphatic carbocycles. The van der Waals surface area contributed by atoms with Gasteiger partial charge in [-0.2, -0.15) is 0 Å². The highest BCUT2D eigenvalue weighted by molar-refractivity contribution is 9.11. The predicted octanol–water partition coefficient (Wildman–Crippen LogP) is 4.82. The second kappa shape index (κ2) is 5.47. The lowest BCUT2D eigenvalue weighted by Crippen LogP contribution is -1.87. The quantitative estimate of drug-likeness (QED) is 0.738. The Bertz CT molecular complexity index is 553. The molecular weight excluding hydrogens is 348 g/mol. The molecule has 86 valence electrons. The van der Waals surface area contributed by atoms with Crippen LogP contribution in [0.2, 0.25) is 0 Å². The van der Waals surface area contributed by atoms with Crippen molar-refractivity contribution in [3.63, 3.8) is 0 Å². The fourth-order valence-electron chi connectivity index (χ4n) is 1.34. The van der Waals surface area contributed by atoms with Crippen LogP contribution < -0.4 is 4.74 Å². The van der Waals surface area contributed by atoms with E-state index in [2.05, 4.69) is 31.9 Å². The first-order valence-corrected chi connectivity index (χ1v) is 6.46. The van der Waals surface area contributed by atoms with Crippen LogP contribution in [0.3, 0.4) is 0 Å². The van der Waals surface area contributed by atoms with E-state index in [0.717, 1.165) is 15.2 Å². The lowest BCUT2D eigenvalue weighted by molar-refractivity contribution is 0.112. The SMILES string of the molecule is O=Cc1cccc(Oc2ccc(Br)cc2Br)c1. The highest BCUT2D eigenvalue weighted by Crippen LogP contribution is 2.32. The number of benzene rings is 2.